The molecule has 64 valence electrons. The summed E-state index contributed by atoms with van der Waals surface area (Å²) in [4.78, 5) is 0. The SMILES string of the molecule is CC=C(Cl)n1nc(Cl)ccc1=N. The molecule has 1 rings (SSSR count). The lowest BCUT2D eigenvalue weighted by Crippen LogP contribution is -2.19. The molecular weight excluding hydrogens is 197 g/mol. The second-order valence-corrected chi connectivity index (χ2v) is 2.84. The van der Waals surface area contributed by atoms with E-state index in [1.165, 1.54) is 10.7 Å². The van der Waals surface area contributed by atoms with Crippen LogP contribution in [0, 0.1) is 5.41 Å². The molecule has 1 aromatic heterocycles. The molecule has 0 saturated carbocycles. The van der Waals surface area contributed by atoms with Gasteiger partial charge >= 0.3 is 0 Å². The summed E-state index contributed by atoms with van der Waals surface area (Å²) in [7, 11) is 0. The lowest BCUT2D eigenvalue weighted by atomic mass is 10.5. The first kappa shape index (κ1) is 9.29. The number of rotatable bonds is 1. The van der Waals surface area contributed by atoms with E-state index >= 15 is 0 Å². The zero-order valence-electron chi connectivity index (χ0n) is 6.38. The van der Waals surface area contributed by atoms with Gasteiger partial charge in [0.1, 0.15) is 15.8 Å². The number of nitrogens with one attached hydrogen (secondary N) is 1. The molecule has 0 aromatic carbocycles. The van der Waals surface area contributed by atoms with Gasteiger partial charge in [-0.3, -0.25) is 5.41 Å². The van der Waals surface area contributed by atoms with Crippen LogP contribution in [0.15, 0.2) is 18.2 Å². The van der Waals surface area contributed by atoms with Crippen molar-refractivity contribution in [2.24, 2.45) is 0 Å². The molecule has 0 amide bonds. The highest BCUT2D eigenvalue weighted by Crippen LogP contribution is 2.06. The summed E-state index contributed by atoms with van der Waals surface area (Å²) in [6.07, 6.45) is 1.64. The van der Waals surface area contributed by atoms with E-state index in [1.807, 2.05) is 0 Å². The van der Waals surface area contributed by atoms with Crippen molar-refractivity contribution in [2.75, 3.05) is 0 Å². The topological polar surface area (TPSA) is 41.7 Å². The van der Waals surface area contributed by atoms with Crippen LogP contribution >= 0.6 is 23.2 Å². The Morgan fingerprint density at radius 3 is 2.92 bits per heavy atom. The third kappa shape index (κ3) is 1.87. The van der Waals surface area contributed by atoms with Crippen LogP contribution in [0.5, 0.6) is 0 Å². The highest BCUT2D eigenvalue weighted by molar-refractivity contribution is 6.45. The summed E-state index contributed by atoms with van der Waals surface area (Å²) in [6, 6.07) is 3.07. The highest BCUT2D eigenvalue weighted by Gasteiger charge is 1.97. The zero-order chi connectivity index (χ0) is 9.14. The van der Waals surface area contributed by atoms with E-state index < -0.39 is 0 Å². The molecule has 1 aromatic rings. The van der Waals surface area contributed by atoms with Crippen molar-refractivity contribution >= 4 is 28.4 Å². The third-order valence-electron chi connectivity index (χ3n) is 1.24. The number of hydrogen-bond acceptors (Lipinski definition) is 2. The van der Waals surface area contributed by atoms with E-state index in [2.05, 4.69) is 5.10 Å². The molecule has 0 saturated heterocycles. The molecule has 0 aliphatic carbocycles. The maximum atomic E-state index is 7.42. The maximum absolute atomic E-state index is 7.42. The van der Waals surface area contributed by atoms with Crippen molar-refractivity contribution in [1.82, 2.24) is 9.78 Å². The molecule has 0 radical (unpaired) electrons. The molecule has 0 atom stereocenters. The smallest absolute Gasteiger partial charge is 0.150 e. The highest BCUT2D eigenvalue weighted by atomic mass is 35.5. The summed E-state index contributed by atoms with van der Waals surface area (Å²) in [5.41, 5.74) is 0.197. The predicted octanol–water partition coefficient (Wildman–Crippen LogP) is 2.07. The Labute approximate surface area is 79.7 Å². The van der Waals surface area contributed by atoms with E-state index in [4.69, 9.17) is 28.6 Å². The van der Waals surface area contributed by atoms with Gasteiger partial charge in [0.15, 0.2) is 0 Å². The van der Waals surface area contributed by atoms with E-state index in [-0.39, 0.29) is 5.49 Å². The van der Waals surface area contributed by atoms with E-state index in [1.54, 1.807) is 19.1 Å². The van der Waals surface area contributed by atoms with Crippen molar-refractivity contribution in [3.05, 3.63) is 28.8 Å². The first-order valence-electron chi connectivity index (χ1n) is 3.28. The fourth-order valence-corrected chi connectivity index (χ4v) is 0.954. The molecule has 3 nitrogen and oxygen atoms in total. The first-order chi connectivity index (χ1) is 5.65. The Hall–Kier alpha value is -0.800. The molecule has 0 bridgehead atoms. The fourth-order valence-electron chi connectivity index (χ4n) is 0.686. The molecule has 0 unspecified atom stereocenters. The number of nitrogens with zero attached hydrogens (tertiary/aromatic N) is 2. The van der Waals surface area contributed by atoms with Gasteiger partial charge in [0, 0.05) is 0 Å². The van der Waals surface area contributed by atoms with E-state index in [0.717, 1.165) is 0 Å². The van der Waals surface area contributed by atoms with Gasteiger partial charge in [0.05, 0.1) is 0 Å². The summed E-state index contributed by atoms with van der Waals surface area (Å²) < 4.78 is 1.25. The van der Waals surface area contributed by atoms with Crippen LogP contribution in [0.2, 0.25) is 5.15 Å². The average Bonchev–Trinajstić information content (AvgIpc) is 2.08. The molecule has 0 aliphatic rings. The summed E-state index contributed by atoms with van der Waals surface area (Å²) in [6.45, 7) is 1.76. The minimum absolute atomic E-state index is 0.197. The Bertz CT molecular complexity index is 367. The van der Waals surface area contributed by atoms with Crippen LogP contribution < -0.4 is 5.49 Å². The molecule has 0 spiro atoms. The number of hydrogen-bond donors (Lipinski definition) is 1. The van der Waals surface area contributed by atoms with E-state index in [9.17, 15) is 0 Å². The van der Waals surface area contributed by atoms with Crippen molar-refractivity contribution in [2.45, 2.75) is 6.92 Å². The van der Waals surface area contributed by atoms with Crippen molar-refractivity contribution in [1.29, 1.82) is 5.41 Å². The first-order valence-corrected chi connectivity index (χ1v) is 4.03. The summed E-state index contributed by atoms with van der Waals surface area (Å²) in [5, 5.41) is 11.9. The minimum atomic E-state index is 0.197. The molecule has 0 aliphatic heterocycles. The molecule has 1 heterocycles. The van der Waals surface area contributed by atoms with Gasteiger partial charge in [-0.15, -0.1) is 0 Å². The van der Waals surface area contributed by atoms with Crippen LogP contribution in [0.25, 0.3) is 5.16 Å². The molecule has 12 heavy (non-hydrogen) atoms. The number of allylic oxidation sites excluding steroid dienone is 1. The van der Waals surface area contributed by atoms with Gasteiger partial charge in [0.2, 0.25) is 0 Å². The van der Waals surface area contributed by atoms with Crippen molar-refractivity contribution in [3.8, 4) is 0 Å². The van der Waals surface area contributed by atoms with E-state index in [0.29, 0.717) is 10.3 Å². The molecule has 0 fully saturated rings. The van der Waals surface area contributed by atoms with Crippen LogP contribution in [0.3, 0.4) is 0 Å². The normalized spacial score (nSPS) is 11.8. The molecule has 1 N–H and O–H groups in total. The van der Waals surface area contributed by atoms with Gasteiger partial charge in [0.25, 0.3) is 0 Å². The van der Waals surface area contributed by atoms with Crippen LogP contribution in [-0.4, -0.2) is 9.78 Å². The second kappa shape index (κ2) is 3.74. The second-order valence-electron chi connectivity index (χ2n) is 2.06. The third-order valence-corrected chi connectivity index (χ3v) is 1.82. The lowest BCUT2D eigenvalue weighted by Gasteiger charge is -2.02. The zero-order valence-corrected chi connectivity index (χ0v) is 7.89. The largest absolute Gasteiger partial charge is 0.283 e. The fraction of sp³-hybridized carbons (Fsp3) is 0.143. The van der Waals surface area contributed by atoms with Gasteiger partial charge < -0.3 is 0 Å². The van der Waals surface area contributed by atoms with Gasteiger partial charge in [-0.1, -0.05) is 23.2 Å². The number of aromatic nitrogens is 2. The standard InChI is InChI=1S/C7H7Cl2N3/c1-2-6(9)12-7(10)4-3-5(8)11-12/h2-4,10H,1H3. The Balaban J connectivity index is 3.33. The van der Waals surface area contributed by atoms with Crippen molar-refractivity contribution < 1.29 is 0 Å². The van der Waals surface area contributed by atoms with Crippen molar-refractivity contribution in [3.63, 3.8) is 0 Å². The van der Waals surface area contributed by atoms with Crippen LogP contribution in [0.1, 0.15) is 6.92 Å². The Morgan fingerprint density at radius 1 is 1.67 bits per heavy atom. The lowest BCUT2D eigenvalue weighted by molar-refractivity contribution is 0.805. The maximum Gasteiger partial charge on any atom is 0.150 e. The average molecular weight is 204 g/mol. The van der Waals surface area contributed by atoms with Gasteiger partial charge in [-0.05, 0) is 25.1 Å². The van der Waals surface area contributed by atoms with Gasteiger partial charge in [-0.25, -0.2) is 4.68 Å². The predicted molar refractivity (Wildman–Crippen MR) is 48.9 cm³/mol. The van der Waals surface area contributed by atoms with Crippen LogP contribution in [-0.2, 0) is 0 Å². The Morgan fingerprint density at radius 2 is 2.33 bits per heavy atom. The summed E-state index contributed by atoms with van der Waals surface area (Å²) >= 11 is 11.4. The monoisotopic (exact) mass is 203 g/mol. The molecular formula is C7H7Cl2N3. The number of halogens is 2. The quantitative estimate of drug-likeness (QED) is 0.747. The summed E-state index contributed by atoms with van der Waals surface area (Å²) in [5.74, 6) is 0. The Kier molecular flexibility index (Phi) is 2.89. The minimum Gasteiger partial charge on any atom is -0.283 e. The molecule has 5 heteroatoms. The van der Waals surface area contributed by atoms with Crippen LogP contribution in [0.4, 0.5) is 0 Å². The van der Waals surface area contributed by atoms with Gasteiger partial charge in [-0.2, -0.15) is 5.10 Å².